The van der Waals surface area contributed by atoms with Crippen LogP contribution in [0.15, 0.2) is 40.9 Å². The van der Waals surface area contributed by atoms with E-state index in [-0.39, 0.29) is 0 Å². The Balaban J connectivity index is 1.86. The lowest BCUT2D eigenvalue weighted by Gasteiger charge is -2.00. The van der Waals surface area contributed by atoms with Gasteiger partial charge in [0.05, 0.1) is 17.6 Å². The molecule has 0 saturated heterocycles. The van der Waals surface area contributed by atoms with E-state index < -0.39 is 0 Å². The van der Waals surface area contributed by atoms with Crippen molar-refractivity contribution in [2.45, 2.75) is 17.2 Å². The lowest BCUT2D eigenvalue weighted by atomic mass is 10.3. The van der Waals surface area contributed by atoms with Crippen molar-refractivity contribution in [1.29, 1.82) is 0 Å². The zero-order valence-electron chi connectivity index (χ0n) is 10.6. The standard InChI is InChI=1S/C13H11IN4OS/c1-2-19-9-3-4-10-11(5-9)18-13(17-10)20-12-15-6-8(14)7-16-12/h3-7H,2H2,1H3,(H,17,18). The van der Waals surface area contributed by atoms with E-state index in [1.54, 1.807) is 12.4 Å². The molecule has 0 fully saturated rings. The molecule has 2 heterocycles. The molecule has 0 radical (unpaired) electrons. The van der Waals surface area contributed by atoms with Crippen LogP contribution in [-0.2, 0) is 0 Å². The molecule has 5 nitrogen and oxygen atoms in total. The van der Waals surface area contributed by atoms with Gasteiger partial charge in [-0.3, -0.25) is 0 Å². The van der Waals surface area contributed by atoms with Gasteiger partial charge in [0, 0.05) is 22.0 Å². The first-order valence-corrected chi connectivity index (χ1v) is 7.92. The number of nitrogens with zero attached hydrogens (tertiary/aromatic N) is 3. The number of aromatic amines is 1. The van der Waals surface area contributed by atoms with Gasteiger partial charge < -0.3 is 9.72 Å². The molecule has 0 unspecified atom stereocenters. The van der Waals surface area contributed by atoms with Crippen molar-refractivity contribution in [3.63, 3.8) is 0 Å². The van der Waals surface area contributed by atoms with Crippen LogP contribution in [0.25, 0.3) is 11.0 Å². The normalized spacial score (nSPS) is 10.9. The number of aromatic nitrogens is 4. The van der Waals surface area contributed by atoms with Crippen molar-refractivity contribution in [2.24, 2.45) is 0 Å². The molecule has 0 amide bonds. The minimum Gasteiger partial charge on any atom is -0.494 e. The molecule has 1 N–H and O–H groups in total. The smallest absolute Gasteiger partial charge is 0.195 e. The van der Waals surface area contributed by atoms with Crippen LogP contribution in [0.5, 0.6) is 5.75 Å². The van der Waals surface area contributed by atoms with E-state index >= 15 is 0 Å². The number of hydrogen-bond acceptors (Lipinski definition) is 5. The molecular weight excluding hydrogens is 387 g/mol. The van der Waals surface area contributed by atoms with Gasteiger partial charge in [-0.15, -0.1) is 0 Å². The van der Waals surface area contributed by atoms with Crippen molar-refractivity contribution in [2.75, 3.05) is 6.61 Å². The second kappa shape index (κ2) is 5.96. The third-order valence-electron chi connectivity index (χ3n) is 2.53. The van der Waals surface area contributed by atoms with E-state index in [4.69, 9.17) is 4.74 Å². The van der Waals surface area contributed by atoms with Gasteiger partial charge in [-0.2, -0.15) is 0 Å². The fourth-order valence-electron chi connectivity index (χ4n) is 1.71. The summed E-state index contributed by atoms with van der Waals surface area (Å²) in [6, 6.07) is 5.81. The first kappa shape index (κ1) is 13.6. The van der Waals surface area contributed by atoms with Gasteiger partial charge in [0.1, 0.15) is 5.75 Å². The first-order valence-electron chi connectivity index (χ1n) is 6.02. The predicted molar refractivity (Wildman–Crippen MR) is 86.1 cm³/mol. The van der Waals surface area contributed by atoms with E-state index in [9.17, 15) is 0 Å². The molecule has 0 spiro atoms. The molecule has 3 rings (SSSR count). The summed E-state index contributed by atoms with van der Waals surface area (Å²) in [6.45, 7) is 2.62. The molecular formula is C13H11IN4OS. The maximum atomic E-state index is 5.47. The number of nitrogens with one attached hydrogen (secondary N) is 1. The summed E-state index contributed by atoms with van der Waals surface area (Å²) in [5.41, 5.74) is 1.85. The van der Waals surface area contributed by atoms with Crippen LogP contribution >= 0.6 is 34.4 Å². The molecule has 1 aromatic carbocycles. The maximum Gasteiger partial charge on any atom is 0.195 e. The Kier molecular flexibility index (Phi) is 4.06. The van der Waals surface area contributed by atoms with Crippen LogP contribution < -0.4 is 4.74 Å². The van der Waals surface area contributed by atoms with Gasteiger partial charge in [0.15, 0.2) is 10.3 Å². The third kappa shape index (κ3) is 3.04. The Labute approximate surface area is 133 Å². The molecule has 102 valence electrons. The summed E-state index contributed by atoms with van der Waals surface area (Å²) in [6.07, 6.45) is 3.57. The molecule has 20 heavy (non-hydrogen) atoms. The Morgan fingerprint density at radius 1 is 1.30 bits per heavy atom. The lowest BCUT2D eigenvalue weighted by molar-refractivity contribution is 0.340. The van der Waals surface area contributed by atoms with Crippen LogP contribution in [0.1, 0.15) is 6.92 Å². The monoisotopic (exact) mass is 398 g/mol. The zero-order chi connectivity index (χ0) is 13.9. The van der Waals surface area contributed by atoms with Gasteiger partial charge >= 0.3 is 0 Å². The highest BCUT2D eigenvalue weighted by molar-refractivity contribution is 14.1. The fourth-order valence-corrected chi connectivity index (χ4v) is 2.68. The van der Waals surface area contributed by atoms with Crippen LogP contribution in [0, 0.1) is 3.57 Å². The molecule has 0 aliphatic rings. The van der Waals surface area contributed by atoms with E-state index in [0.717, 1.165) is 25.5 Å². The Morgan fingerprint density at radius 2 is 2.10 bits per heavy atom. The lowest BCUT2D eigenvalue weighted by Crippen LogP contribution is -1.90. The zero-order valence-corrected chi connectivity index (χ0v) is 13.6. The van der Waals surface area contributed by atoms with E-state index in [0.29, 0.717) is 11.8 Å². The number of imidazole rings is 1. The van der Waals surface area contributed by atoms with Gasteiger partial charge in [-0.25, -0.2) is 15.0 Å². The number of hydrogen-bond donors (Lipinski definition) is 1. The summed E-state index contributed by atoms with van der Waals surface area (Å²) in [5.74, 6) is 0.839. The second-order valence-electron chi connectivity index (χ2n) is 3.94. The predicted octanol–water partition coefficient (Wildman–Crippen LogP) is 3.51. The van der Waals surface area contributed by atoms with E-state index in [1.807, 2.05) is 25.1 Å². The van der Waals surface area contributed by atoms with Gasteiger partial charge in [-0.05, 0) is 53.4 Å². The minimum atomic E-state index is 0.651. The Bertz CT molecular complexity index is 729. The molecule has 2 aromatic heterocycles. The quantitative estimate of drug-likeness (QED) is 0.539. The Morgan fingerprint density at radius 3 is 2.85 bits per heavy atom. The number of H-pyrrole nitrogens is 1. The minimum absolute atomic E-state index is 0.651. The molecule has 0 bridgehead atoms. The maximum absolute atomic E-state index is 5.47. The van der Waals surface area contributed by atoms with Gasteiger partial charge in [0.25, 0.3) is 0 Å². The largest absolute Gasteiger partial charge is 0.494 e. The molecule has 0 atom stereocenters. The summed E-state index contributed by atoms with van der Waals surface area (Å²) in [4.78, 5) is 16.2. The van der Waals surface area contributed by atoms with E-state index in [1.165, 1.54) is 11.8 Å². The van der Waals surface area contributed by atoms with Crippen molar-refractivity contribution < 1.29 is 4.74 Å². The number of fused-ring (bicyclic) bond motifs is 1. The van der Waals surface area contributed by atoms with Crippen molar-refractivity contribution in [3.05, 3.63) is 34.2 Å². The summed E-state index contributed by atoms with van der Waals surface area (Å²) >= 11 is 3.59. The van der Waals surface area contributed by atoms with Crippen molar-refractivity contribution in [3.8, 4) is 5.75 Å². The SMILES string of the molecule is CCOc1ccc2nc(Sc3ncc(I)cn3)[nH]c2c1. The summed E-state index contributed by atoms with van der Waals surface area (Å²) in [5, 5.41) is 1.45. The van der Waals surface area contributed by atoms with Crippen LogP contribution in [0.2, 0.25) is 0 Å². The highest BCUT2D eigenvalue weighted by Crippen LogP contribution is 2.26. The highest BCUT2D eigenvalue weighted by atomic mass is 127. The molecule has 0 saturated carbocycles. The fraction of sp³-hybridized carbons (Fsp3) is 0.154. The Hall–Kier alpha value is -1.35. The molecule has 0 aliphatic carbocycles. The number of rotatable bonds is 4. The third-order valence-corrected chi connectivity index (χ3v) is 3.86. The topological polar surface area (TPSA) is 63.7 Å². The van der Waals surface area contributed by atoms with Gasteiger partial charge in [0.2, 0.25) is 0 Å². The van der Waals surface area contributed by atoms with Crippen molar-refractivity contribution in [1.82, 2.24) is 19.9 Å². The van der Waals surface area contributed by atoms with E-state index in [2.05, 4.69) is 42.5 Å². The van der Waals surface area contributed by atoms with Crippen LogP contribution in [0.3, 0.4) is 0 Å². The number of ether oxygens (including phenoxy) is 1. The number of halogens is 1. The van der Waals surface area contributed by atoms with Gasteiger partial charge in [-0.1, -0.05) is 0 Å². The molecule has 0 aliphatic heterocycles. The number of benzene rings is 1. The summed E-state index contributed by atoms with van der Waals surface area (Å²) in [7, 11) is 0. The average molecular weight is 398 g/mol. The molecule has 7 heteroatoms. The highest BCUT2D eigenvalue weighted by Gasteiger charge is 2.07. The average Bonchev–Trinajstić information content (AvgIpc) is 2.83. The first-order chi connectivity index (χ1) is 9.74. The molecule has 3 aromatic rings. The van der Waals surface area contributed by atoms with Crippen LogP contribution in [0.4, 0.5) is 0 Å². The van der Waals surface area contributed by atoms with Crippen LogP contribution in [-0.4, -0.2) is 26.5 Å². The second-order valence-corrected chi connectivity index (χ2v) is 6.14. The van der Waals surface area contributed by atoms with Crippen molar-refractivity contribution >= 4 is 45.4 Å². The summed E-state index contributed by atoms with van der Waals surface area (Å²) < 4.78 is 6.49.